The summed E-state index contributed by atoms with van der Waals surface area (Å²) in [5.74, 6) is 1.80. The molecule has 2 fully saturated rings. The van der Waals surface area contributed by atoms with Gasteiger partial charge in [0.2, 0.25) is 10.0 Å². The average Bonchev–Trinajstić information content (AvgIpc) is 3.25. The lowest BCUT2D eigenvalue weighted by molar-refractivity contribution is 0.123. The van der Waals surface area contributed by atoms with E-state index in [1.807, 2.05) is 0 Å². The van der Waals surface area contributed by atoms with Crippen LogP contribution in [0.15, 0.2) is 4.99 Å². The van der Waals surface area contributed by atoms with Crippen LogP contribution in [-0.4, -0.2) is 70.9 Å². The lowest BCUT2D eigenvalue weighted by Gasteiger charge is -2.16. The lowest BCUT2D eigenvalue weighted by atomic mass is 10.4. The second-order valence-corrected chi connectivity index (χ2v) is 7.95. The topological polar surface area (TPSA) is 83.0 Å². The molecule has 0 amide bonds. The number of guanidine groups is 1. The molecule has 0 bridgehead atoms. The van der Waals surface area contributed by atoms with Gasteiger partial charge in [0.15, 0.2) is 5.96 Å². The summed E-state index contributed by atoms with van der Waals surface area (Å²) in [5.41, 5.74) is 0. The number of nitrogens with one attached hydrogen (secondary N) is 2. The van der Waals surface area contributed by atoms with Crippen molar-refractivity contribution in [1.29, 1.82) is 0 Å². The molecule has 2 N–H and O–H groups in total. The first-order chi connectivity index (χ1) is 10.6. The number of hydrogen-bond donors (Lipinski definition) is 2. The van der Waals surface area contributed by atoms with Gasteiger partial charge in [-0.25, -0.2) is 12.7 Å². The normalized spacial score (nSPS) is 22.0. The fraction of sp³-hybridized carbons (Fsp3) is 0.929. The van der Waals surface area contributed by atoms with Crippen LogP contribution in [0.4, 0.5) is 0 Å². The Morgan fingerprint density at radius 3 is 2.73 bits per heavy atom. The minimum atomic E-state index is -3.00. The second-order valence-electron chi connectivity index (χ2n) is 5.87. The van der Waals surface area contributed by atoms with Gasteiger partial charge in [0.05, 0.1) is 5.75 Å². The standard InChI is InChI=1S/C14H28N4O3S/c1-15-14(16-6-2-10-21-12-13-4-5-13)17-7-9-18-8-3-11-22(18,19)20/h13H,2-12H2,1H3,(H2,15,16,17). The van der Waals surface area contributed by atoms with Crippen molar-refractivity contribution in [3.63, 3.8) is 0 Å². The van der Waals surface area contributed by atoms with Crippen molar-refractivity contribution in [3.8, 4) is 0 Å². The van der Waals surface area contributed by atoms with Gasteiger partial charge in [-0.15, -0.1) is 0 Å². The number of aliphatic imine (C=N–C) groups is 1. The van der Waals surface area contributed by atoms with Crippen LogP contribution in [0.5, 0.6) is 0 Å². The Morgan fingerprint density at radius 2 is 2.09 bits per heavy atom. The fourth-order valence-electron chi connectivity index (χ4n) is 2.38. The van der Waals surface area contributed by atoms with E-state index in [2.05, 4.69) is 15.6 Å². The average molecular weight is 332 g/mol. The maximum absolute atomic E-state index is 11.7. The van der Waals surface area contributed by atoms with Crippen molar-refractivity contribution in [2.75, 3.05) is 52.2 Å². The van der Waals surface area contributed by atoms with Gasteiger partial charge in [-0.3, -0.25) is 4.99 Å². The summed E-state index contributed by atoms with van der Waals surface area (Å²) in [4.78, 5) is 4.13. The van der Waals surface area contributed by atoms with E-state index in [9.17, 15) is 8.42 Å². The SMILES string of the molecule is CN=C(NCCCOCC1CC1)NCCN1CCCS1(=O)=O. The van der Waals surface area contributed by atoms with Gasteiger partial charge in [0.1, 0.15) is 0 Å². The van der Waals surface area contributed by atoms with Crippen molar-refractivity contribution in [1.82, 2.24) is 14.9 Å². The summed E-state index contributed by atoms with van der Waals surface area (Å²) in [5, 5.41) is 6.36. The van der Waals surface area contributed by atoms with Gasteiger partial charge in [0, 0.05) is 46.4 Å². The molecule has 8 heteroatoms. The molecule has 7 nitrogen and oxygen atoms in total. The second kappa shape index (κ2) is 8.69. The summed E-state index contributed by atoms with van der Waals surface area (Å²) in [7, 11) is -1.29. The maximum Gasteiger partial charge on any atom is 0.214 e. The molecule has 0 aromatic heterocycles. The van der Waals surface area contributed by atoms with E-state index in [-0.39, 0.29) is 5.75 Å². The van der Waals surface area contributed by atoms with Gasteiger partial charge in [-0.2, -0.15) is 0 Å². The number of hydrogen-bond acceptors (Lipinski definition) is 4. The van der Waals surface area contributed by atoms with E-state index in [0.717, 1.165) is 38.5 Å². The summed E-state index contributed by atoms with van der Waals surface area (Å²) < 4.78 is 30.5. The molecule has 0 spiro atoms. The lowest BCUT2D eigenvalue weighted by Crippen LogP contribution is -2.42. The molecule has 1 aliphatic heterocycles. The molecule has 0 atom stereocenters. The number of ether oxygens (including phenoxy) is 1. The van der Waals surface area contributed by atoms with E-state index in [1.54, 1.807) is 11.4 Å². The first-order valence-corrected chi connectivity index (χ1v) is 9.73. The molecule has 1 saturated carbocycles. The smallest absolute Gasteiger partial charge is 0.214 e. The molecule has 0 aromatic carbocycles. The first-order valence-electron chi connectivity index (χ1n) is 8.12. The monoisotopic (exact) mass is 332 g/mol. The minimum absolute atomic E-state index is 0.279. The molecule has 0 aromatic rings. The summed E-state index contributed by atoms with van der Waals surface area (Å²) in [6.45, 7) is 4.16. The quantitative estimate of drug-likeness (QED) is 0.353. The zero-order chi connectivity index (χ0) is 15.8. The summed E-state index contributed by atoms with van der Waals surface area (Å²) in [6, 6.07) is 0. The minimum Gasteiger partial charge on any atom is -0.381 e. The first kappa shape index (κ1) is 17.5. The summed E-state index contributed by atoms with van der Waals surface area (Å²) in [6.07, 6.45) is 4.31. The Hall–Kier alpha value is -0.860. The highest BCUT2D eigenvalue weighted by molar-refractivity contribution is 7.89. The van der Waals surface area contributed by atoms with Crippen molar-refractivity contribution in [2.45, 2.75) is 25.7 Å². The summed E-state index contributed by atoms with van der Waals surface area (Å²) >= 11 is 0. The molecule has 2 rings (SSSR count). The molecule has 22 heavy (non-hydrogen) atoms. The number of rotatable bonds is 9. The molecular weight excluding hydrogens is 304 g/mol. The van der Waals surface area contributed by atoms with Gasteiger partial charge < -0.3 is 15.4 Å². The van der Waals surface area contributed by atoms with Crippen LogP contribution < -0.4 is 10.6 Å². The predicted molar refractivity (Wildman–Crippen MR) is 87.5 cm³/mol. The van der Waals surface area contributed by atoms with Crippen molar-refractivity contribution in [3.05, 3.63) is 0 Å². The molecule has 2 aliphatic rings. The molecule has 128 valence electrons. The molecule has 1 saturated heterocycles. The van der Waals surface area contributed by atoms with Crippen molar-refractivity contribution >= 4 is 16.0 Å². The van der Waals surface area contributed by atoms with Crippen LogP contribution in [0.3, 0.4) is 0 Å². The van der Waals surface area contributed by atoms with Gasteiger partial charge >= 0.3 is 0 Å². The maximum atomic E-state index is 11.7. The third-order valence-electron chi connectivity index (χ3n) is 3.89. The Kier molecular flexibility index (Phi) is 6.91. The van der Waals surface area contributed by atoms with Gasteiger partial charge in [0.25, 0.3) is 0 Å². The molecule has 1 aliphatic carbocycles. The van der Waals surface area contributed by atoms with Gasteiger partial charge in [-0.1, -0.05) is 0 Å². The highest BCUT2D eigenvalue weighted by Crippen LogP contribution is 2.28. The predicted octanol–water partition coefficient (Wildman–Crippen LogP) is 0.00360. The third kappa shape index (κ3) is 6.10. The van der Waals surface area contributed by atoms with Crippen LogP contribution in [0.1, 0.15) is 25.7 Å². The fourth-order valence-corrected chi connectivity index (χ4v) is 3.91. The Labute approximate surface area is 133 Å². The van der Waals surface area contributed by atoms with Crippen molar-refractivity contribution in [2.24, 2.45) is 10.9 Å². The highest BCUT2D eigenvalue weighted by Gasteiger charge is 2.27. The molecule has 0 unspecified atom stereocenters. The van der Waals surface area contributed by atoms with E-state index >= 15 is 0 Å². The third-order valence-corrected chi connectivity index (χ3v) is 5.85. The molecular formula is C14H28N4O3S. The van der Waals surface area contributed by atoms with Crippen LogP contribution in [0.25, 0.3) is 0 Å². The van der Waals surface area contributed by atoms with Crippen LogP contribution in [0, 0.1) is 5.92 Å². The van der Waals surface area contributed by atoms with E-state index in [1.165, 1.54) is 12.8 Å². The van der Waals surface area contributed by atoms with E-state index < -0.39 is 10.0 Å². The van der Waals surface area contributed by atoms with Crippen molar-refractivity contribution < 1.29 is 13.2 Å². The van der Waals surface area contributed by atoms with Crippen LogP contribution >= 0.6 is 0 Å². The Balaban J connectivity index is 1.51. The number of sulfonamides is 1. The van der Waals surface area contributed by atoms with E-state index in [4.69, 9.17) is 4.74 Å². The molecule has 0 radical (unpaired) electrons. The Bertz CT molecular complexity index is 463. The van der Waals surface area contributed by atoms with Crippen LogP contribution in [0.2, 0.25) is 0 Å². The molecule has 1 heterocycles. The van der Waals surface area contributed by atoms with E-state index in [0.29, 0.717) is 25.6 Å². The zero-order valence-electron chi connectivity index (χ0n) is 13.4. The largest absolute Gasteiger partial charge is 0.381 e. The zero-order valence-corrected chi connectivity index (χ0v) is 14.2. The Morgan fingerprint density at radius 1 is 1.32 bits per heavy atom. The number of nitrogens with zero attached hydrogens (tertiary/aromatic N) is 2. The highest BCUT2D eigenvalue weighted by atomic mass is 32.2. The van der Waals surface area contributed by atoms with Gasteiger partial charge in [-0.05, 0) is 31.6 Å². The van der Waals surface area contributed by atoms with Crippen LogP contribution in [-0.2, 0) is 14.8 Å².